The van der Waals surface area contributed by atoms with E-state index in [1.165, 1.54) is 16.7 Å². The first kappa shape index (κ1) is 35.6. The molecule has 0 atom stereocenters. The summed E-state index contributed by atoms with van der Waals surface area (Å²) in [4.78, 5) is 15.4. The summed E-state index contributed by atoms with van der Waals surface area (Å²) in [7, 11) is 0. The number of nitrogens with zero attached hydrogens (tertiary/aromatic N) is 3. The van der Waals surface area contributed by atoms with Crippen molar-refractivity contribution < 1.29 is 8.83 Å². The second-order valence-corrected chi connectivity index (χ2v) is 18.2. The van der Waals surface area contributed by atoms with Gasteiger partial charge in [0.15, 0.2) is 17.5 Å². The van der Waals surface area contributed by atoms with Crippen LogP contribution in [0.1, 0.15) is 79.0 Å². The van der Waals surface area contributed by atoms with Gasteiger partial charge in [0.05, 0.1) is 0 Å². The van der Waals surface area contributed by atoms with Gasteiger partial charge in [0.1, 0.15) is 22.3 Å². The zero-order valence-corrected chi connectivity index (χ0v) is 33.7. The van der Waals surface area contributed by atoms with Crippen LogP contribution in [0.4, 0.5) is 0 Å². The molecule has 3 heterocycles. The number of benzene rings is 6. The number of aromatic nitrogens is 3. The quantitative estimate of drug-likeness (QED) is 0.180. The van der Waals surface area contributed by atoms with Crippen molar-refractivity contribution >= 4 is 43.9 Å². The van der Waals surface area contributed by atoms with Gasteiger partial charge in [-0.1, -0.05) is 147 Å². The van der Waals surface area contributed by atoms with E-state index in [1.807, 2.05) is 72.8 Å². The Bertz CT molecular complexity index is 2890. The molecule has 0 spiro atoms. The highest BCUT2D eigenvalue weighted by molar-refractivity contribution is 6.15. The smallest absolute Gasteiger partial charge is 0.164 e. The summed E-state index contributed by atoms with van der Waals surface area (Å²) in [6.45, 7) is 20.5. The molecule has 0 fully saturated rings. The van der Waals surface area contributed by atoms with Gasteiger partial charge < -0.3 is 8.83 Å². The molecule has 9 rings (SSSR count). The summed E-state index contributed by atoms with van der Waals surface area (Å²) in [6, 6.07) is 42.2. The number of rotatable bonds is 4. The van der Waals surface area contributed by atoms with E-state index >= 15 is 0 Å². The van der Waals surface area contributed by atoms with Crippen LogP contribution in [0.3, 0.4) is 0 Å². The number of hydrogen-bond acceptors (Lipinski definition) is 5. The molecule has 0 unspecified atom stereocenters. The predicted octanol–water partition coefficient (Wildman–Crippen LogP) is 14.2. The monoisotopic (exact) mass is 733 g/mol. The Morgan fingerprint density at radius 2 is 0.929 bits per heavy atom. The summed E-state index contributed by atoms with van der Waals surface area (Å²) in [5.41, 5.74) is 11.5. The lowest BCUT2D eigenvalue weighted by Gasteiger charge is -2.25. The molecule has 0 bridgehead atoms. The average Bonchev–Trinajstić information content (AvgIpc) is 3.74. The van der Waals surface area contributed by atoms with Gasteiger partial charge in [-0.15, -0.1) is 0 Å². The van der Waals surface area contributed by atoms with Crippen molar-refractivity contribution in [2.24, 2.45) is 0 Å². The SMILES string of the molecule is CC(C)(C)c1cc(-c2cc(-c3nc(-c4ccccc4)nc(-c4ccccc4)n3)c3c(c2)oc2ccccc23)c2oc3c(C(C)(C)C)cc(C(C)(C)C)cc3c2c1. The highest BCUT2D eigenvalue weighted by Gasteiger charge is 2.28. The number of furan rings is 2. The van der Waals surface area contributed by atoms with Crippen LogP contribution in [0.25, 0.3) is 89.2 Å². The molecule has 0 aliphatic heterocycles. The van der Waals surface area contributed by atoms with Crippen molar-refractivity contribution in [2.45, 2.75) is 78.6 Å². The lowest BCUT2D eigenvalue weighted by Crippen LogP contribution is -2.16. The van der Waals surface area contributed by atoms with Crippen LogP contribution in [0.5, 0.6) is 0 Å². The fourth-order valence-electron chi connectivity index (χ4n) is 7.73. The van der Waals surface area contributed by atoms with Crippen molar-refractivity contribution in [2.75, 3.05) is 0 Å². The third kappa shape index (κ3) is 6.16. The molecule has 0 N–H and O–H groups in total. The third-order valence-electron chi connectivity index (χ3n) is 10.9. The van der Waals surface area contributed by atoms with E-state index in [2.05, 4.69) is 111 Å². The minimum atomic E-state index is -0.133. The van der Waals surface area contributed by atoms with Crippen LogP contribution >= 0.6 is 0 Å². The summed E-state index contributed by atoms with van der Waals surface area (Å²) >= 11 is 0. The molecule has 0 radical (unpaired) electrons. The molecule has 0 aliphatic carbocycles. The molecule has 6 aromatic carbocycles. The van der Waals surface area contributed by atoms with Crippen LogP contribution in [-0.2, 0) is 16.2 Å². The van der Waals surface area contributed by atoms with Gasteiger partial charge >= 0.3 is 0 Å². The van der Waals surface area contributed by atoms with E-state index in [4.69, 9.17) is 23.8 Å². The average molecular weight is 734 g/mol. The van der Waals surface area contributed by atoms with Crippen molar-refractivity contribution in [1.29, 1.82) is 0 Å². The minimum Gasteiger partial charge on any atom is -0.456 e. The van der Waals surface area contributed by atoms with Crippen LogP contribution in [-0.4, -0.2) is 15.0 Å². The molecule has 278 valence electrons. The highest BCUT2D eigenvalue weighted by atomic mass is 16.3. The lowest BCUT2D eigenvalue weighted by molar-refractivity contribution is 0.559. The molecule has 5 heteroatoms. The van der Waals surface area contributed by atoms with Gasteiger partial charge in [0.25, 0.3) is 0 Å². The minimum absolute atomic E-state index is 0.0365. The fourth-order valence-corrected chi connectivity index (χ4v) is 7.73. The maximum Gasteiger partial charge on any atom is 0.164 e. The fraction of sp³-hybridized carbons (Fsp3) is 0.235. The molecule has 9 aromatic rings. The van der Waals surface area contributed by atoms with E-state index in [0.717, 1.165) is 71.7 Å². The standard InChI is InChI=1S/C51H47N3O2/c1-49(2,3)33-26-36(44-37(27-33)38-28-34(50(4,5)6)29-40(45(38)56-44)51(7,8)9)32-24-39(43-35-22-16-17-23-41(35)55-42(43)25-32)48-53-46(30-18-12-10-13-19-30)52-47(54-48)31-20-14-11-15-21-31/h10-29H,1-9H3. The molecular weight excluding hydrogens is 687 g/mol. The molecular formula is C51H47N3O2. The second-order valence-electron chi connectivity index (χ2n) is 18.2. The Balaban J connectivity index is 1.40. The van der Waals surface area contributed by atoms with E-state index < -0.39 is 0 Å². The van der Waals surface area contributed by atoms with E-state index in [1.54, 1.807) is 0 Å². The van der Waals surface area contributed by atoms with E-state index in [9.17, 15) is 0 Å². The normalized spacial score (nSPS) is 12.7. The van der Waals surface area contributed by atoms with Crippen molar-refractivity contribution in [3.8, 4) is 45.3 Å². The Morgan fingerprint density at radius 3 is 1.52 bits per heavy atom. The van der Waals surface area contributed by atoms with Crippen LogP contribution in [0.15, 0.2) is 130 Å². The number of hydrogen-bond donors (Lipinski definition) is 0. The maximum atomic E-state index is 7.13. The number of para-hydroxylation sites is 1. The van der Waals surface area contributed by atoms with Gasteiger partial charge in [-0.25, -0.2) is 15.0 Å². The summed E-state index contributed by atoms with van der Waals surface area (Å²) in [5, 5.41) is 4.23. The first-order valence-corrected chi connectivity index (χ1v) is 19.5. The second kappa shape index (κ2) is 12.7. The third-order valence-corrected chi connectivity index (χ3v) is 10.9. The van der Waals surface area contributed by atoms with Gasteiger partial charge in [0, 0.05) is 49.4 Å². The molecule has 5 nitrogen and oxygen atoms in total. The first-order chi connectivity index (χ1) is 26.6. The highest BCUT2D eigenvalue weighted by Crippen LogP contribution is 2.46. The van der Waals surface area contributed by atoms with E-state index in [-0.39, 0.29) is 16.2 Å². The number of fused-ring (bicyclic) bond motifs is 6. The molecule has 0 aliphatic rings. The molecule has 0 saturated carbocycles. The molecule has 0 saturated heterocycles. The largest absolute Gasteiger partial charge is 0.456 e. The zero-order chi connectivity index (χ0) is 39.1. The maximum absolute atomic E-state index is 7.13. The van der Waals surface area contributed by atoms with Crippen LogP contribution in [0, 0.1) is 0 Å². The zero-order valence-electron chi connectivity index (χ0n) is 33.7. The van der Waals surface area contributed by atoms with Gasteiger partial charge in [-0.05, 0) is 69.3 Å². The van der Waals surface area contributed by atoms with Gasteiger partial charge in [-0.3, -0.25) is 0 Å². The van der Waals surface area contributed by atoms with Gasteiger partial charge in [0.2, 0.25) is 0 Å². The Labute approximate surface area is 328 Å². The molecule has 0 amide bonds. The Kier molecular flexibility index (Phi) is 8.10. The summed E-state index contributed by atoms with van der Waals surface area (Å²) in [5.74, 6) is 1.80. The van der Waals surface area contributed by atoms with Gasteiger partial charge in [-0.2, -0.15) is 0 Å². The van der Waals surface area contributed by atoms with Crippen molar-refractivity contribution in [3.05, 3.63) is 138 Å². The summed E-state index contributed by atoms with van der Waals surface area (Å²) < 4.78 is 13.8. The Hall–Kier alpha value is -6.07. The van der Waals surface area contributed by atoms with Crippen molar-refractivity contribution in [3.63, 3.8) is 0 Å². The topological polar surface area (TPSA) is 65.0 Å². The molecule has 3 aromatic heterocycles. The lowest BCUT2D eigenvalue weighted by atomic mass is 9.79. The Morgan fingerprint density at radius 1 is 0.393 bits per heavy atom. The first-order valence-electron chi connectivity index (χ1n) is 19.5. The van der Waals surface area contributed by atoms with Crippen molar-refractivity contribution in [1.82, 2.24) is 15.0 Å². The predicted molar refractivity (Wildman–Crippen MR) is 232 cm³/mol. The van der Waals surface area contributed by atoms with Crippen LogP contribution < -0.4 is 0 Å². The van der Waals surface area contributed by atoms with Crippen LogP contribution in [0.2, 0.25) is 0 Å². The molecule has 56 heavy (non-hydrogen) atoms. The summed E-state index contributed by atoms with van der Waals surface area (Å²) in [6.07, 6.45) is 0. The van der Waals surface area contributed by atoms with E-state index in [0.29, 0.717) is 17.5 Å².